The maximum Gasteiger partial charge on any atom is 0.414 e. The number of aromatic amines is 1. The number of phenols is 1. The largest absolute Gasteiger partial charge is 0.506 e. The van der Waals surface area contributed by atoms with Crippen LogP contribution in [0.4, 0.5) is 29.0 Å². The molecular formula is C11H5N7O3. The molecule has 10 nitrogen and oxygen atoms in total. The molecule has 0 saturated heterocycles. The maximum atomic E-state index is 10.6. The van der Waals surface area contributed by atoms with Gasteiger partial charge in [0.2, 0.25) is 0 Å². The maximum absolute atomic E-state index is 10.6. The quantitative estimate of drug-likeness (QED) is 0.386. The van der Waals surface area contributed by atoms with Gasteiger partial charge in [-0.2, -0.15) is 0 Å². The van der Waals surface area contributed by atoms with E-state index in [0.717, 1.165) is 18.2 Å². The summed E-state index contributed by atoms with van der Waals surface area (Å²) in [5.74, 6) is -0.644. The predicted molar refractivity (Wildman–Crippen MR) is 70.0 cm³/mol. The van der Waals surface area contributed by atoms with Crippen molar-refractivity contribution in [1.29, 1.82) is 0 Å². The number of nitrogens with one attached hydrogen (secondary N) is 1. The van der Waals surface area contributed by atoms with E-state index >= 15 is 0 Å². The van der Waals surface area contributed by atoms with Crippen molar-refractivity contribution in [3.8, 4) is 5.75 Å². The van der Waals surface area contributed by atoms with Gasteiger partial charge in [-0.25, -0.2) is 0 Å². The number of non-ortho nitro benzene ring substituents is 1. The summed E-state index contributed by atoms with van der Waals surface area (Å²) in [5, 5.41) is 27.4. The smallest absolute Gasteiger partial charge is 0.414 e. The van der Waals surface area contributed by atoms with Gasteiger partial charge in [0.25, 0.3) is 17.3 Å². The van der Waals surface area contributed by atoms with Crippen molar-refractivity contribution in [3.05, 3.63) is 51.1 Å². The Bertz CT molecular complexity index is 794. The number of imidazole rings is 1. The summed E-state index contributed by atoms with van der Waals surface area (Å²) in [4.78, 5) is 22.2. The molecule has 0 saturated carbocycles. The van der Waals surface area contributed by atoms with Crippen LogP contribution in [0.1, 0.15) is 0 Å². The third-order valence-corrected chi connectivity index (χ3v) is 2.29. The summed E-state index contributed by atoms with van der Waals surface area (Å²) in [6.45, 7) is 13.6. The highest BCUT2D eigenvalue weighted by Gasteiger charge is 2.14. The Balaban J connectivity index is 2.36. The van der Waals surface area contributed by atoms with E-state index in [1.54, 1.807) is 0 Å². The molecule has 0 aliphatic carbocycles. The van der Waals surface area contributed by atoms with Crippen LogP contribution in [0, 0.1) is 23.3 Å². The second-order valence-electron chi connectivity index (χ2n) is 3.59. The molecule has 0 fully saturated rings. The summed E-state index contributed by atoms with van der Waals surface area (Å²) < 4.78 is 0. The number of rotatable bonds is 3. The number of hydrogen-bond donors (Lipinski definition) is 2. The molecule has 0 atom stereocenters. The SMILES string of the molecule is [C-]#[N+]c1nc(N=Nc2cc([N+](=O)[O-])ccc2O)[nH]c1[N+]#[C-]. The molecule has 0 amide bonds. The molecule has 0 bridgehead atoms. The Kier molecular flexibility index (Phi) is 3.54. The molecule has 10 heteroatoms. The van der Waals surface area contributed by atoms with Crippen LogP contribution in [0.3, 0.4) is 0 Å². The summed E-state index contributed by atoms with van der Waals surface area (Å²) in [7, 11) is 0. The molecule has 1 heterocycles. The standard InChI is InChI=1S/C11H5N7O3/c1-12-9-10(13-2)15-11(14-9)17-16-7-5-6(18(20)21)3-4-8(7)19/h3-5,19H,(H,14,15). The van der Waals surface area contributed by atoms with Crippen LogP contribution in [0.15, 0.2) is 28.4 Å². The van der Waals surface area contributed by atoms with Crippen LogP contribution in [0.25, 0.3) is 9.69 Å². The highest BCUT2D eigenvalue weighted by molar-refractivity contribution is 5.64. The molecule has 0 aliphatic rings. The Morgan fingerprint density at radius 3 is 2.67 bits per heavy atom. The second-order valence-corrected chi connectivity index (χ2v) is 3.59. The number of nitro groups is 1. The normalized spacial score (nSPS) is 10.2. The van der Waals surface area contributed by atoms with Crippen LogP contribution >= 0.6 is 0 Å². The molecule has 0 radical (unpaired) electrons. The second kappa shape index (κ2) is 5.46. The summed E-state index contributed by atoms with van der Waals surface area (Å²) in [6, 6.07) is 3.27. The Labute approximate surface area is 117 Å². The third kappa shape index (κ3) is 2.80. The molecule has 1 aromatic heterocycles. The van der Waals surface area contributed by atoms with Crippen LogP contribution in [-0.4, -0.2) is 20.0 Å². The van der Waals surface area contributed by atoms with Crippen LogP contribution in [0.5, 0.6) is 5.75 Å². The average molecular weight is 283 g/mol. The first-order valence-electron chi connectivity index (χ1n) is 5.29. The first-order chi connectivity index (χ1) is 10.0. The number of nitrogens with zero attached hydrogens (tertiary/aromatic N) is 6. The van der Waals surface area contributed by atoms with Gasteiger partial charge in [0, 0.05) is 12.1 Å². The number of nitro benzene ring substituents is 1. The molecule has 0 unspecified atom stereocenters. The summed E-state index contributed by atoms with van der Waals surface area (Å²) in [5.41, 5.74) is -0.390. The zero-order chi connectivity index (χ0) is 15.4. The molecule has 0 aliphatic heterocycles. The lowest BCUT2D eigenvalue weighted by Crippen LogP contribution is -1.86. The van der Waals surface area contributed by atoms with E-state index in [2.05, 4.69) is 29.9 Å². The molecule has 1 aromatic carbocycles. The van der Waals surface area contributed by atoms with E-state index in [9.17, 15) is 15.2 Å². The zero-order valence-corrected chi connectivity index (χ0v) is 10.2. The number of azo groups is 1. The van der Waals surface area contributed by atoms with E-state index in [1.807, 2.05) is 0 Å². The topological polar surface area (TPSA) is 125 Å². The van der Waals surface area contributed by atoms with E-state index in [1.165, 1.54) is 0 Å². The fourth-order valence-corrected chi connectivity index (χ4v) is 1.35. The number of H-pyrrole nitrogens is 1. The molecular weight excluding hydrogens is 278 g/mol. The van der Waals surface area contributed by atoms with Crippen molar-refractivity contribution in [2.45, 2.75) is 0 Å². The molecule has 2 N–H and O–H groups in total. The Morgan fingerprint density at radius 1 is 1.33 bits per heavy atom. The van der Waals surface area contributed by atoms with Gasteiger partial charge in [0.05, 0.1) is 4.92 Å². The van der Waals surface area contributed by atoms with Gasteiger partial charge < -0.3 is 14.8 Å². The zero-order valence-electron chi connectivity index (χ0n) is 10.2. The molecule has 2 rings (SSSR count). The van der Waals surface area contributed by atoms with Crippen LogP contribution < -0.4 is 0 Å². The van der Waals surface area contributed by atoms with Crippen molar-refractivity contribution in [3.63, 3.8) is 0 Å². The van der Waals surface area contributed by atoms with Crippen molar-refractivity contribution in [2.24, 2.45) is 10.2 Å². The van der Waals surface area contributed by atoms with Crippen molar-refractivity contribution < 1.29 is 10.0 Å². The van der Waals surface area contributed by atoms with Gasteiger partial charge in [-0.3, -0.25) is 15.1 Å². The Morgan fingerprint density at radius 2 is 2.10 bits per heavy atom. The fraction of sp³-hybridized carbons (Fsp3) is 0. The van der Waals surface area contributed by atoms with Crippen molar-refractivity contribution in [2.75, 3.05) is 0 Å². The first kappa shape index (κ1) is 13.6. The van der Waals surface area contributed by atoms with Crippen molar-refractivity contribution in [1.82, 2.24) is 9.97 Å². The van der Waals surface area contributed by atoms with E-state index in [4.69, 9.17) is 13.1 Å². The van der Waals surface area contributed by atoms with E-state index in [-0.39, 0.29) is 34.7 Å². The lowest BCUT2D eigenvalue weighted by Gasteiger charge is -1.96. The van der Waals surface area contributed by atoms with Gasteiger partial charge >= 0.3 is 5.95 Å². The first-order valence-corrected chi connectivity index (χ1v) is 5.29. The minimum atomic E-state index is -0.639. The van der Waals surface area contributed by atoms with Crippen LogP contribution in [0.2, 0.25) is 0 Å². The van der Waals surface area contributed by atoms with Gasteiger partial charge in [0.1, 0.15) is 11.4 Å². The molecule has 102 valence electrons. The monoisotopic (exact) mass is 283 g/mol. The number of phenolic OH excluding ortho intramolecular Hbond substituents is 1. The predicted octanol–water partition coefficient (Wildman–Crippen LogP) is 3.54. The minimum absolute atomic E-state index is 0.0813. The summed E-state index contributed by atoms with van der Waals surface area (Å²) >= 11 is 0. The van der Waals surface area contributed by atoms with E-state index in [0.29, 0.717) is 0 Å². The lowest BCUT2D eigenvalue weighted by atomic mass is 10.2. The lowest BCUT2D eigenvalue weighted by molar-refractivity contribution is -0.384. The van der Waals surface area contributed by atoms with Gasteiger partial charge in [-0.1, -0.05) is 23.2 Å². The average Bonchev–Trinajstić information content (AvgIpc) is 2.88. The molecule has 21 heavy (non-hydrogen) atoms. The number of aromatic nitrogens is 2. The number of benzene rings is 1. The fourth-order valence-electron chi connectivity index (χ4n) is 1.35. The highest BCUT2D eigenvalue weighted by atomic mass is 16.6. The number of aromatic hydroxyl groups is 1. The van der Waals surface area contributed by atoms with Gasteiger partial charge in [-0.05, 0) is 6.07 Å². The van der Waals surface area contributed by atoms with Gasteiger partial charge in [0.15, 0.2) is 0 Å². The third-order valence-electron chi connectivity index (χ3n) is 2.29. The van der Waals surface area contributed by atoms with Crippen molar-refractivity contribution >= 4 is 29.0 Å². The van der Waals surface area contributed by atoms with Gasteiger partial charge in [-0.15, -0.1) is 5.11 Å². The van der Waals surface area contributed by atoms with Crippen LogP contribution in [-0.2, 0) is 0 Å². The molecule has 0 spiro atoms. The molecule has 2 aromatic rings. The Hall–Kier alpha value is -3.79. The number of hydrogen-bond acceptors (Lipinski definition) is 6. The minimum Gasteiger partial charge on any atom is -0.506 e. The summed E-state index contributed by atoms with van der Waals surface area (Å²) in [6.07, 6.45) is 0. The van der Waals surface area contributed by atoms with E-state index < -0.39 is 4.92 Å². The highest BCUT2D eigenvalue weighted by Crippen LogP contribution is 2.33.